The number of benzene rings is 2. The van der Waals surface area contributed by atoms with Crippen molar-refractivity contribution < 1.29 is 28.1 Å². The fourth-order valence-electron chi connectivity index (χ4n) is 8.50. The molecule has 5 aliphatic rings. The van der Waals surface area contributed by atoms with Gasteiger partial charge in [-0.1, -0.05) is 31.2 Å². The van der Waals surface area contributed by atoms with Gasteiger partial charge in [0.1, 0.15) is 17.7 Å². The van der Waals surface area contributed by atoms with Gasteiger partial charge in [-0.15, -0.1) is 0 Å². The Bertz CT molecular complexity index is 1310. The monoisotopic (exact) mass is 561 g/mol. The normalized spacial score (nSPS) is 34.6. The van der Waals surface area contributed by atoms with Gasteiger partial charge in [-0.3, -0.25) is 4.79 Å². The first-order valence-electron chi connectivity index (χ1n) is 15.2. The largest absolute Gasteiger partial charge is 0.493 e. The van der Waals surface area contributed by atoms with Crippen LogP contribution in [0.4, 0.5) is 4.39 Å². The van der Waals surface area contributed by atoms with Crippen molar-refractivity contribution in [2.75, 3.05) is 33.0 Å². The fourth-order valence-corrected chi connectivity index (χ4v) is 8.50. The minimum atomic E-state index is -0.224. The molecule has 2 aromatic carbocycles. The predicted molar refractivity (Wildman–Crippen MR) is 152 cm³/mol. The minimum Gasteiger partial charge on any atom is -0.493 e. The smallest absolute Gasteiger partial charge is 0.310 e. The van der Waals surface area contributed by atoms with Gasteiger partial charge < -0.3 is 23.8 Å². The lowest BCUT2D eigenvalue weighted by atomic mass is 9.55. The molecular weight excluding hydrogens is 521 g/mol. The molecule has 0 aromatic heterocycles. The van der Waals surface area contributed by atoms with Crippen molar-refractivity contribution in [3.8, 4) is 17.2 Å². The van der Waals surface area contributed by atoms with E-state index >= 15 is 0 Å². The maximum Gasteiger partial charge on any atom is 0.310 e. The molecule has 0 spiro atoms. The molecule has 218 valence electrons. The van der Waals surface area contributed by atoms with Crippen LogP contribution in [0.5, 0.6) is 17.2 Å². The number of halogens is 1. The van der Waals surface area contributed by atoms with Gasteiger partial charge in [0, 0.05) is 31.0 Å². The number of rotatable bonds is 6. The Balaban J connectivity index is 1.06. The third kappa shape index (κ3) is 5.11. The second-order valence-electron chi connectivity index (χ2n) is 13.2. The zero-order chi connectivity index (χ0) is 28.1. The van der Waals surface area contributed by atoms with Crippen LogP contribution in [0.2, 0.25) is 0 Å². The number of nitrogens with zero attached hydrogens (tertiary/aromatic N) is 1. The zero-order valence-corrected chi connectivity index (χ0v) is 23.9. The van der Waals surface area contributed by atoms with Crippen molar-refractivity contribution in [3.05, 3.63) is 66.0 Å². The van der Waals surface area contributed by atoms with E-state index in [9.17, 15) is 9.18 Å². The summed E-state index contributed by atoms with van der Waals surface area (Å²) in [5.41, 5.74) is 2.71. The van der Waals surface area contributed by atoms with Gasteiger partial charge in [0.2, 0.25) is 6.79 Å². The number of hydrogen-bond donors (Lipinski definition) is 0. The molecule has 0 amide bonds. The Morgan fingerprint density at radius 3 is 2.83 bits per heavy atom. The third-order valence-electron chi connectivity index (χ3n) is 10.7. The van der Waals surface area contributed by atoms with E-state index in [0.29, 0.717) is 24.8 Å². The summed E-state index contributed by atoms with van der Waals surface area (Å²) in [6.07, 6.45) is 6.43. The molecular formula is C34H40FNO5. The van der Waals surface area contributed by atoms with Crippen molar-refractivity contribution in [3.63, 3.8) is 0 Å². The average molecular weight is 562 g/mol. The SMILES string of the molecule is C=C1CCCC2(C)CC3OC(=O)C(CN4CCC(c5ccc(F)cc5)C(COc5ccc6c(c5)OCO6)C4)C3CC12. The average Bonchev–Trinajstić information content (AvgIpc) is 3.54. The van der Waals surface area contributed by atoms with Crippen LogP contribution in [-0.2, 0) is 9.53 Å². The van der Waals surface area contributed by atoms with Crippen molar-refractivity contribution >= 4 is 5.97 Å². The van der Waals surface area contributed by atoms with E-state index in [2.05, 4.69) is 18.4 Å². The van der Waals surface area contributed by atoms with E-state index in [4.69, 9.17) is 18.9 Å². The lowest BCUT2D eigenvalue weighted by Crippen LogP contribution is -2.48. The molecule has 2 aliphatic carbocycles. The van der Waals surface area contributed by atoms with Gasteiger partial charge in [0.05, 0.1) is 12.5 Å². The van der Waals surface area contributed by atoms with Crippen LogP contribution in [0, 0.1) is 34.9 Å². The number of hydrogen-bond acceptors (Lipinski definition) is 6. The molecule has 0 N–H and O–H groups in total. The first-order chi connectivity index (χ1) is 19.9. The van der Waals surface area contributed by atoms with Crippen LogP contribution in [0.3, 0.4) is 0 Å². The summed E-state index contributed by atoms with van der Waals surface area (Å²) in [5.74, 6) is 2.98. The molecule has 4 fully saturated rings. The van der Waals surface area contributed by atoms with Gasteiger partial charge >= 0.3 is 5.97 Å². The van der Waals surface area contributed by atoms with E-state index in [1.807, 2.05) is 30.3 Å². The van der Waals surface area contributed by atoms with Crippen LogP contribution in [0.25, 0.3) is 0 Å². The zero-order valence-electron chi connectivity index (χ0n) is 23.9. The van der Waals surface area contributed by atoms with E-state index in [-0.39, 0.29) is 53.8 Å². The Hall–Kier alpha value is -3.06. The summed E-state index contributed by atoms with van der Waals surface area (Å²) < 4.78 is 37.1. The lowest BCUT2D eigenvalue weighted by Gasteiger charge is -2.50. The van der Waals surface area contributed by atoms with E-state index in [0.717, 1.165) is 55.8 Å². The second-order valence-corrected chi connectivity index (χ2v) is 13.2. The number of carbonyl (C=O) groups excluding carboxylic acids is 1. The molecule has 7 heteroatoms. The Kier molecular flexibility index (Phi) is 6.96. The number of allylic oxidation sites excluding steroid dienone is 1. The topological polar surface area (TPSA) is 57.2 Å². The molecule has 3 heterocycles. The second kappa shape index (κ2) is 10.6. The van der Waals surface area contributed by atoms with Crippen LogP contribution in [-0.4, -0.2) is 50.0 Å². The maximum atomic E-state index is 13.7. The molecule has 7 rings (SSSR count). The van der Waals surface area contributed by atoms with Crippen LogP contribution < -0.4 is 14.2 Å². The lowest BCUT2D eigenvalue weighted by molar-refractivity contribution is -0.146. The number of esters is 1. The summed E-state index contributed by atoms with van der Waals surface area (Å²) in [5, 5.41) is 0. The molecule has 7 atom stereocenters. The summed E-state index contributed by atoms with van der Waals surface area (Å²) in [7, 11) is 0. The molecule has 0 bridgehead atoms. The molecule has 2 aromatic rings. The van der Waals surface area contributed by atoms with E-state index in [1.54, 1.807) is 12.1 Å². The standard InChI is InChI=1S/C34H40FNO5/c1-21-4-3-12-34(2)16-32-27(15-29(21)34)28(33(37)41-32)18-36-13-11-26(22-5-7-24(35)8-6-22)23(17-36)19-38-25-9-10-30-31(14-25)40-20-39-30/h5-10,14,23,26-29,32H,1,3-4,11-13,15-20H2,2H3. The number of likely N-dealkylation sites (tertiary alicyclic amines) is 1. The number of carbonyl (C=O) groups is 1. The summed E-state index contributed by atoms with van der Waals surface area (Å²) in [6, 6.07) is 12.5. The molecule has 0 radical (unpaired) electrons. The summed E-state index contributed by atoms with van der Waals surface area (Å²) in [6.45, 7) is 9.97. The van der Waals surface area contributed by atoms with Crippen molar-refractivity contribution in [2.45, 2.75) is 57.5 Å². The quantitative estimate of drug-likeness (QED) is 0.303. The van der Waals surface area contributed by atoms with Crippen molar-refractivity contribution in [1.29, 1.82) is 0 Å². The number of ether oxygens (including phenoxy) is 4. The summed E-state index contributed by atoms with van der Waals surface area (Å²) >= 11 is 0. The van der Waals surface area contributed by atoms with Gasteiger partial charge in [0.15, 0.2) is 11.5 Å². The molecule has 3 aliphatic heterocycles. The van der Waals surface area contributed by atoms with E-state index < -0.39 is 0 Å². The van der Waals surface area contributed by atoms with Crippen LogP contribution in [0.1, 0.15) is 56.9 Å². The Labute approximate surface area is 241 Å². The first kappa shape index (κ1) is 26.8. The van der Waals surface area contributed by atoms with Gasteiger partial charge in [-0.05, 0) is 92.1 Å². The molecule has 7 unspecified atom stereocenters. The summed E-state index contributed by atoms with van der Waals surface area (Å²) in [4.78, 5) is 15.7. The Morgan fingerprint density at radius 2 is 1.98 bits per heavy atom. The van der Waals surface area contributed by atoms with Gasteiger partial charge in [0.25, 0.3) is 0 Å². The highest BCUT2D eigenvalue weighted by Gasteiger charge is 2.55. The van der Waals surface area contributed by atoms with Crippen molar-refractivity contribution in [2.24, 2.45) is 29.1 Å². The Morgan fingerprint density at radius 1 is 1.15 bits per heavy atom. The molecule has 2 saturated carbocycles. The number of piperidine rings is 1. The molecule has 41 heavy (non-hydrogen) atoms. The van der Waals surface area contributed by atoms with Crippen LogP contribution in [0.15, 0.2) is 54.6 Å². The van der Waals surface area contributed by atoms with Gasteiger partial charge in [-0.2, -0.15) is 0 Å². The predicted octanol–water partition coefficient (Wildman–Crippen LogP) is 6.35. The highest BCUT2D eigenvalue weighted by molar-refractivity contribution is 5.75. The molecule has 6 nitrogen and oxygen atoms in total. The van der Waals surface area contributed by atoms with Gasteiger partial charge in [-0.25, -0.2) is 4.39 Å². The third-order valence-corrected chi connectivity index (χ3v) is 10.7. The minimum absolute atomic E-state index is 0.0262. The first-order valence-corrected chi connectivity index (χ1v) is 15.2. The highest BCUT2D eigenvalue weighted by Crippen LogP contribution is 2.57. The maximum absolute atomic E-state index is 13.7. The van der Waals surface area contributed by atoms with Crippen LogP contribution >= 0.6 is 0 Å². The fraction of sp³-hybridized carbons (Fsp3) is 0.559. The highest BCUT2D eigenvalue weighted by atomic mass is 19.1. The molecule has 2 saturated heterocycles. The van der Waals surface area contributed by atoms with Crippen molar-refractivity contribution in [1.82, 2.24) is 4.90 Å². The van der Waals surface area contributed by atoms with E-state index in [1.165, 1.54) is 18.4 Å². The number of fused-ring (bicyclic) bond motifs is 3.